The average Bonchev–Trinajstić information content (AvgIpc) is 2.47. The fourth-order valence-corrected chi connectivity index (χ4v) is 3.15. The van der Waals surface area contributed by atoms with E-state index < -0.39 is 0 Å². The van der Waals surface area contributed by atoms with Gasteiger partial charge in [-0.25, -0.2) is 0 Å². The van der Waals surface area contributed by atoms with Crippen molar-refractivity contribution >= 4 is 17.7 Å². The first-order chi connectivity index (χ1) is 9.74. The smallest absolute Gasteiger partial charge is 0.319 e. The van der Waals surface area contributed by atoms with Crippen molar-refractivity contribution in [3.63, 3.8) is 0 Å². The van der Waals surface area contributed by atoms with Crippen molar-refractivity contribution in [2.45, 2.75) is 36.8 Å². The highest BCUT2D eigenvalue weighted by molar-refractivity contribution is 8.00. The van der Waals surface area contributed by atoms with E-state index in [-0.39, 0.29) is 11.2 Å². The van der Waals surface area contributed by atoms with Gasteiger partial charge in [0, 0.05) is 4.90 Å². The Morgan fingerprint density at radius 2 is 2.05 bits per heavy atom. The highest BCUT2D eigenvalue weighted by Crippen LogP contribution is 2.36. The molecule has 1 unspecified atom stereocenters. The van der Waals surface area contributed by atoms with E-state index in [2.05, 4.69) is 6.92 Å². The molecule has 2 rings (SSSR count). The number of rotatable bonds is 6. The largest absolute Gasteiger partial charge is 0.486 e. The van der Waals surface area contributed by atoms with Gasteiger partial charge < -0.3 is 14.2 Å². The van der Waals surface area contributed by atoms with Crippen molar-refractivity contribution in [1.82, 2.24) is 0 Å². The molecule has 5 heteroatoms. The number of benzene rings is 1. The van der Waals surface area contributed by atoms with Gasteiger partial charge in [-0.1, -0.05) is 13.3 Å². The number of hydrogen-bond acceptors (Lipinski definition) is 5. The van der Waals surface area contributed by atoms with Gasteiger partial charge in [-0.3, -0.25) is 4.79 Å². The Bertz CT molecular complexity index is 461. The standard InChI is InChI=1S/C15H20O4S/c1-3-5-14(15(16)17-4-2)20-11-6-7-12-13(10-11)19-9-8-18-12/h6-7,10,14H,3-5,8-9H2,1-2H3. The van der Waals surface area contributed by atoms with Gasteiger partial charge in [0.1, 0.15) is 18.5 Å². The lowest BCUT2D eigenvalue weighted by Crippen LogP contribution is -2.20. The summed E-state index contributed by atoms with van der Waals surface area (Å²) in [7, 11) is 0. The number of hydrogen-bond donors (Lipinski definition) is 0. The molecule has 0 bridgehead atoms. The average molecular weight is 296 g/mol. The molecule has 0 aliphatic carbocycles. The SMILES string of the molecule is CCCC(Sc1ccc2c(c1)OCCO2)C(=O)OCC. The maximum atomic E-state index is 11.9. The summed E-state index contributed by atoms with van der Waals surface area (Å²) in [6, 6.07) is 5.78. The van der Waals surface area contributed by atoms with E-state index in [1.165, 1.54) is 11.8 Å². The number of ether oxygens (including phenoxy) is 3. The molecule has 0 N–H and O–H groups in total. The van der Waals surface area contributed by atoms with Gasteiger partial charge >= 0.3 is 5.97 Å². The molecule has 0 saturated carbocycles. The topological polar surface area (TPSA) is 44.8 Å². The number of fused-ring (bicyclic) bond motifs is 1. The Labute approximate surface area is 123 Å². The molecule has 1 aliphatic rings. The minimum Gasteiger partial charge on any atom is -0.486 e. The van der Waals surface area contributed by atoms with E-state index in [4.69, 9.17) is 14.2 Å². The van der Waals surface area contributed by atoms with E-state index in [9.17, 15) is 4.79 Å². The third-order valence-electron chi connectivity index (χ3n) is 2.89. The van der Waals surface area contributed by atoms with Crippen molar-refractivity contribution in [1.29, 1.82) is 0 Å². The third kappa shape index (κ3) is 3.82. The molecule has 1 atom stereocenters. The Balaban J connectivity index is 2.07. The molecule has 1 aromatic rings. The van der Waals surface area contributed by atoms with E-state index in [1.807, 2.05) is 25.1 Å². The molecule has 1 aromatic carbocycles. The number of esters is 1. The van der Waals surface area contributed by atoms with Gasteiger partial charge in [0.05, 0.1) is 6.61 Å². The fraction of sp³-hybridized carbons (Fsp3) is 0.533. The first-order valence-corrected chi connectivity index (χ1v) is 7.85. The molecule has 1 heterocycles. The van der Waals surface area contributed by atoms with Crippen molar-refractivity contribution in [2.24, 2.45) is 0 Å². The second-order valence-corrected chi connectivity index (χ2v) is 5.73. The van der Waals surface area contributed by atoms with Gasteiger partial charge in [0.25, 0.3) is 0 Å². The molecule has 110 valence electrons. The summed E-state index contributed by atoms with van der Waals surface area (Å²) < 4.78 is 16.2. The van der Waals surface area contributed by atoms with Crippen LogP contribution in [0, 0.1) is 0 Å². The van der Waals surface area contributed by atoms with Gasteiger partial charge in [-0.15, -0.1) is 11.8 Å². The lowest BCUT2D eigenvalue weighted by molar-refractivity contribution is -0.142. The van der Waals surface area contributed by atoms with E-state index in [0.29, 0.717) is 19.8 Å². The minimum absolute atomic E-state index is 0.144. The molecule has 0 fully saturated rings. The Hall–Kier alpha value is -1.36. The van der Waals surface area contributed by atoms with E-state index in [0.717, 1.165) is 29.2 Å². The lowest BCUT2D eigenvalue weighted by Gasteiger charge is -2.20. The highest BCUT2D eigenvalue weighted by atomic mass is 32.2. The van der Waals surface area contributed by atoms with Crippen LogP contribution >= 0.6 is 11.8 Å². The lowest BCUT2D eigenvalue weighted by atomic mass is 10.2. The van der Waals surface area contributed by atoms with Gasteiger partial charge in [0.15, 0.2) is 11.5 Å². The normalized spacial score (nSPS) is 14.7. The Morgan fingerprint density at radius 1 is 1.30 bits per heavy atom. The van der Waals surface area contributed by atoms with Crippen LogP contribution < -0.4 is 9.47 Å². The monoisotopic (exact) mass is 296 g/mol. The van der Waals surface area contributed by atoms with Gasteiger partial charge in [0.2, 0.25) is 0 Å². The van der Waals surface area contributed by atoms with Crippen LogP contribution in [0.15, 0.2) is 23.1 Å². The van der Waals surface area contributed by atoms with Crippen molar-refractivity contribution < 1.29 is 19.0 Å². The van der Waals surface area contributed by atoms with Crippen LogP contribution in [-0.4, -0.2) is 31.0 Å². The zero-order valence-electron chi connectivity index (χ0n) is 11.9. The highest BCUT2D eigenvalue weighted by Gasteiger charge is 2.21. The minimum atomic E-state index is -0.164. The van der Waals surface area contributed by atoms with Gasteiger partial charge in [-0.2, -0.15) is 0 Å². The summed E-state index contributed by atoms with van der Waals surface area (Å²) in [6.07, 6.45) is 1.75. The third-order valence-corrected chi connectivity index (χ3v) is 4.13. The second-order valence-electron chi connectivity index (χ2n) is 4.45. The summed E-state index contributed by atoms with van der Waals surface area (Å²) in [5.74, 6) is 1.37. The molecule has 0 aromatic heterocycles. The van der Waals surface area contributed by atoms with Crippen LogP contribution in [0.3, 0.4) is 0 Å². The number of carbonyl (C=O) groups excluding carboxylic acids is 1. The Morgan fingerprint density at radius 3 is 2.75 bits per heavy atom. The summed E-state index contributed by atoms with van der Waals surface area (Å²) in [5, 5.41) is -0.164. The molecular weight excluding hydrogens is 276 g/mol. The molecule has 20 heavy (non-hydrogen) atoms. The molecule has 0 spiro atoms. The van der Waals surface area contributed by atoms with Crippen molar-refractivity contribution in [3.05, 3.63) is 18.2 Å². The summed E-state index contributed by atoms with van der Waals surface area (Å²) >= 11 is 1.52. The van der Waals surface area contributed by atoms with Crippen LogP contribution in [0.1, 0.15) is 26.7 Å². The van der Waals surface area contributed by atoms with Crippen molar-refractivity contribution in [2.75, 3.05) is 19.8 Å². The Kier molecular flexibility index (Phi) is 5.59. The van der Waals surface area contributed by atoms with E-state index >= 15 is 0 Å². The van der Waals surface area contributed by atoms with Crippen LogP contribution in [0.4, 0.5) is 0 Å². The summed E-state index contributed by atoms with van der Waals surface area (Å²) in [5.41, 5.74) is 0. The second kappa shape index (κ2) is 7.43. The van der Waals surface area contributed by atoms with Crippen LogP contribution in [0.25, 0.3) is 0 Å². The van der Waals surface area contributed by atoms with Crippen LogP contribution in [-0.2, 0) is 9.53 Å². The van der Waals surface area contributed by atoms with Gasteiger partial charge in [-0.05, 0) is 31.5 Å². The molecule has 4 nitrogen and oxygen atoms in total. The maximum absolute atomic E-state index is 11.9. The maximum Gasteiger partial charge on any atom is 0.319 e. The fourth-order valence-electron chi connectivity index (χ4n) is 1.98. The predicted molar refractivity (Wildman–Crippen MR) is 78.6 cm³/mol. The first-order valence-electron chi connectivity index (χ1n) is 6.97. The molecule has 1 aliphatic heterocycles. The van der Waals surface area contributed by atoms with Crippen LogP contribution in [0.2, 0.25) is 0 Å². The summed E-state index contributed by atoms with van der Waals surface area (Å²) in [4.78, 5) is 12.9. The molecule has 0 saturated heterocycles. The van der Waals surface area contributed by atoms with E-state index in [1.54, 1.807) is 0 Å². The molecular formula is C15H20O4S. The molecule has 0 radical (unpaired) electrons. The first kappa shape index (κ1) is 15.0. The van der Waals surface area contributed by atoms with Crippen molar-refractivity contribution in [3.8, 4) is 11.5 Å². The quantitative estimate of drug-likeness (QED) is 0.595. The molecule has 0 amide bonds. The number of carbonyl (C=O) groups is 1. The number of thioether (sulfide) groups is 1. The predicted octanol–water partition coefficient (Wildman–Crippen LogP) is 3.28. The zero-order valence-corrected chi connectivity index (χ0v) is 12.7. The zero-order chi connectivity index (χ0) is 14.4. The van der Waals surface area contributed by atoms with Crippen LogP contribution in [0.5, 0.6) is 11.5 Å². The summed E-state index contributed by atoms with van der Waals surface area (Å²) in [6.45, 7) is 5.46.